The zero-order valence-corrected chi connectivity index (χ0v) is 11.6. The lowest BCUT2D eigenvalue weighted by Gasteiger charge is -2.06. The largest absolute Gasteiger partial charge is 0.383 e. The van der Waals surface area contributed by atoms with Crippen LogP contribution in [0.1, 0.15) is 38.1 Å². The molecule has 0 radical (unpaired) electrons. The van der Waals surface area contributed by atoms with E-state index in [9.17, 15) is 0 Å². The Labute approximate surface area is 109 Å². The van der Waals surface area contributed by atoms with Crippen molar-refractivity contribution in [3.05, 3.63) is 35.7 Å². The first kappa shape index (κ1) is 12.7. The summed E-state index contributed by atoms with van der Waals surface area (Å²) in [6, 6.07) is 8.34. The van der Waals surface area contributed by atoms with Crippen LogP contribution >= 0.6 is 0 Å². The molecule has 1 aromatic carbocycles. The van der Waals surface area contributed by atoms with E-state index in [4.69, 9.17) is 10.7 Å². The number of aromatic nitrogens is 2. The summed E-state index contributed by atoms with van der Waals surface area (Å²) < 4.78 is 1.99. The number of nitrogen functional groups attached to an aromatic ring is 1. The molecule has 0 bridgehead atoms. The normalized spacial score (nSPS) is 11.2. The molecule has 0 unspecified atom stereocenters. The quantitative estimate of drug-likeness (QED) is 0.898. The van der Waals surface area contributed by atoms with Gasteiger partial charge in [0, 0.05) is 18.5 Å². The van der Waals surface area contributed by atoms with Gasteiger partial charge in [0.15, 0.2) is 0 Å². The van der Waals surface area contributed by atoms with Gasteiger partial charge in [-0.1, -0.05) is 45.0 Å². The molecule has 0 aliphatic heterocycles. The SMILES string of the molecule is CCc1ccccc1-c1nc(C(C)C)n(C)c1N. The van der Waals surface area contributed by atoms with E-state index in [1.54, 1.807) is 0 Å². The number of hydrogen-bond acceptors (Lipinski definition) is 2. The Kier molecular flexibility index (Phi) is 3.41. The smallest absolute Gasteiger partial charge is 0.131 e. The minimum Gasteiger partial charge on any atom is -0.383 e. The maximum Gasteiger partial charge on any atom is 0.131 e. The molecule has 2 N–H and O–H groups in total. The van der Waals surface area contributed by atoms with Crippen molar-refractivity contribution in [3.63, 3.8) is 0 Å². The third-order valence-electron chi connectivity index (χ3n) is 3.34. The molecule has 0 saturated carbocycles. The van der Waals surface area contributed by atoms with Crippen LogP contribution in [-0.4, -0.2) is 9.55 Å². The number of nitrogens with zero attached hydrogens (tertiary/aromatic N) is 2. The van der Waals surface area contributed by atoms with E-state index >= 15 is 0 Å². The van der Waals surface area contributed by atoms with E-state index in [0.29, 0.717) is 5.92 Å². The summed E-state index contributed by atoms with van der Waals surface area (Å²) in [5.74, 6) is 2.16. The predicted molar refractivity (Wildman–Crippen MR) is 76.5 cm³/mol. The van der Waals surface area contributed by atoms with Crippen molar-refractivity contribution < 1.29 is 0 Å². The van der Waals surface area contributed by atoms with Gasteiger partial charge in [-0.15, -0.1) is 0 Å². The monoisotopic (exact) mass is 243 g/mol. The molecule has 0 atom stereocenters. The number of benzene rings is 1. The van der Waals surface area contributed by atoms with Gasteiger partial charge >= 0.3 is 0 Å². The Morgan fingerprint density at radius 1 is 1.28 bits per heavy atom. The summed E-state index contributed by atoms with van der Waals surface area (Å²) >= 11 is 0. The van der Waals surface area contributed by atoms with Gasteiger partial charge in [-0.25, -0.2) is 4.98 Å². The molecule has 0 aliphatic carbocycles. The van der Waals surface area contributed by atoms with Crippen LogP contribution in [0.25, 0.3) is 11.3 Å². The molecule has 96 valence electrons. The first-order valence-electron chi connectivity index (χ1n) is 6.46. The van der Waals surface area contributed by atoms with Crippen LogP contribution < -0.4 is 5.73 Å². The topological polar surface area (TPSA) is 43.8 Å². The molecule has 2 aromatic rings. The fraction of sp³-hybridized carbons (Fsp3) is 0.400. The van der Waals surface area contributed by atoms with Crippen molar-refractivity contribution in [2.24, 2.45) is 7.05 Å². The van der Waals surface area contributed by atoms with E-state index in [0.717, 1.165) is 29.3 Å². The van der Waals surface area contributed by atoms with Gasteiger partial charge in [0.25, 0.3) is 0 Å². The molecule has 0 spiro atoms. The average molecular weight is 243 g/mol. The van der Waals surface area contributed by atoms with Crippen molar-refractivity contribution in [3.8, 4) is 11.3 Å². The van der Waals surface area contributed by atoms with Gasteiger partial charge in [0.05, 0.1) is 0 Å². The molecule has 3 heteroatoms. The number of anilines is 1. The van der Waals surface area contributed by atoms with Crippen LogP contribution in [0, 0.1) is 0 Å². The van der Waals surface area contributed by atoms with Crippen molar-refractivity contribution >= 4 is 5.82 Å². The van der Waals surface area contributed by atoms with Crippen molar-refractivity contribution in [1.82, 2.24) is 9.55 Å². The van der Waals surface area contributed by atoms with Gasteiger partial charge in [-0.05, 0) is 12.0 Å². The van der Waals surface area contributed by atoms with E-state index in [1.807, 2.05) is 17.7 Å². The van der Waals surface area contributed by atoms with Gasteiger partial charge < -0.3 is 10.3 Å². The Morgan fingerprint density at radius 2 is 1.94 bits per heavy atom. The molecule has 1 aromatic heterocycles. The summed E-state index contributed by atoms with van der Waals surface area (Å²) in [6.45, 7) is 6.43. The number of hydrogen-bond donors (Lipinski definition) is 1. The second kappa shape index (κ2) is 4.84. The fourth-order valence-corrected chi connectivity index (χ4v) is 2.30. The van der Waals surface area contributed by atoms with Crippen LogP contribution in [0.4, 0.5) is 5.82 Å². The highest BCUT2D eigenvalue weighted by molar-refractivity contribution is 5.73. The molecule has 2 rings (SSSR count). The second-order valence-electron chi connectivity index (χ2n) is 4.93. The fourth-order valence-electron chi connectivity index (χ4n) is 2.30. The first-order valence-corrected chi connectivity index (χ1v) is 6.46. The first-order chi connectivity index (χ1) is 8.56. The van der Waals surface area contributed by atoms with E-state index in [1.165, 1.54) is 5.56 Å². The maximum atomic E-state index is 6.20. The Morgan fingerprint density at radius 3 is 2.50 bits per heavy atom. The van der Waals surface area contributed by atoms with Crippen molar-refractivity contribution in [2.45, 2.75) is 33.1 Å². The highest BCUT2D eigenvalue weighted by atomic mass is 15.1. The Hall–Kier alpha value is -1.77. The lowest BCUT2D eigenvalue weighted by molar-refractivity contribution is 0.715. The molecule has 18 heavy (non-hydrogen) atoms. The summed E-state index contributed by atoms with van der Waals surface area (Å²) in [5, 5.41) is 0. The zero-order chi connectivity index (χ0) is 13.3. The number of imidazole rings is 1. The van der Waals surface area contributed by atoms with Crippen LogP contribution in [-0.2, 0) is 13.5 Å². The Balaban J connectivity index is 2.61. The lowest BCUT2D eigenvalue weighted by Crippen LogP contribution is -2.03. The van der Waals surface area contributed by atoms with E-state index in [2.05, 4.69) is 39.0 Å². The molecule has 0 amide bonds. The minimum atomic E-state index is 0.375. The molecular formula is C15H21N3. The summed E-state index contributed by atoms with van der Waals surface area (Å²) in [6.07, 6.45) is 0.989. The van der Waals surface area contributed by atoms with E-state index < -0.39 is 0 Å². The number of nitrogens with two attached hydrogens (primary N) is 1. The van der Waals surface area contributed by atoms with Gasteiger partial charge in [0.2, 0.25) is 0 Å². The number of rotatable bonds is 3. The molecule has 0 aliphatic rings. The van der Waals surface area contributed by atoms with Crippen molar-refractivity contribution in [1.29, 1.82) is 0 Å². The van der Waals surface area contributed by atoms with Crippen LogP contribution in [0.3, 0.4) is 0 Å². The molecular weight excluding hydrogens is 222 g/mol. The lowest BCUT2D eigenvalue weighted by atomic mass is 10.0. The predicted octanol–water partition coefficient (Wildman–Crippen LogP) is 3.36. The standard InChI is InChI=1S/C15H21N3/c1-5-11-8-6-7-9-12(11)13-14(16)18(4)15(17-13)10(2)3/h6-10H,5,16H2,1-4H3. The molecule has 1 heterocycles. The van der Waals surface area contributed by atoms with Gasteiger partial charge in [0.1, 0.15) is 17.3 Å². The average Bonchev–Trinajstić information content (AvgIpc) is 2.66. The molecule has 0 fully saturated rings. The minimum absolute atomic E-state index is 0.375. The van der Waals surface area contributed by atoms with E-state index in [-0.39, 0.29) is 0 Å². The van der Waals surface area contributed by atoms with Gasteiger partial charge in [-0.3, -0.25) is 0 Å². The highest BCUT2D eigenvalue weighted by Crippen LogP contribution is 2.30. The van der Waals surface area contributed by atoms with Crippen molar-refractivity contribution in [2.75, 3.05) is 5.73 Å². The van der Waals surface area contributed by atoms with Gasteiger partial charge in [-0.2, -0.15) is 0 Å². The third kappa shape index (κ3) is 2.01. The highest BCUT2D eigenvalue weighted by Gasteiger charge is 2.17. The number of aryl methyl sites for hydroxylation is 1. The second-order valence-corrected chi connectivity index (χ2v) is 4.93. The third-order valence-corrected chi connectivity index (χ3v) is 3.34. The maximum absolute atomic E-state index is 6.20. The summed E-state index contributed by atoms with van der Waals surface area (Å²) in [5.41, 5.74) is 9.55. The summed E-state index contributed by atoms with van der Waals surface area (Å²) in [4.78, 5) is 4.73. The van der Waals surface area contributed by atoms with Crippen LogP contribution in [0.5, 0.6) is 0 Å². The Bertz CT molecular complexity index is 553. The van der Waals surface area contributed by atoms with Crippen LogP contribution in [0.2, 0.25) is 0 Å². The zero-order valence-electron chi connectivity index (χ0n) is 11.6. The molecule has 3 nitrogen and oxygen atoms in total. The molecule has 0 saturated heterocycles. The summed E-state index contributed by atoms with van der Waals surface area (Å²) in [7, 11) is 1.98. The van der Waals surface area contributed by atoms with Crippen LogP contribution in [0.15, 0.2) is 24.3 Å².